The maximum atomic E-state index is 11.1. The molecular weight excluding hydrogens is 304 g/mol. The van der Waals surface area contributed by atoms with Gasteiger partial charge in [0.05, 0.1) is 16.6 Å². The summed E-state index contributed by atoms with van der Waals surface area (Å²) < 4.78 is 0. The molecule has 6 nitrogen and oxygen atoms in total. The second-order valence-corrected chi connectivity index (χ2v) is 5.71. The van der Waals surface area contributed by atoms with Crippen LogP contribution in [0.15, 0.2) is 47.5 Å². The van der Waals surface area contributed by atoms with E-state index in [0.717, 1.165) is 47.5 Å². The number of imidazole rings is 1. The van der Waals surface area contributed by atoms with Crippen molar-refractivity contribution in [2.45, 2.75) is 6.42 Å². The number of nitrogens with one attached hydrogen (secondary N) is 2. The molecule has 0 saturated heterocycles. The topological polar surface area (TPSA) is 90.4 Å². The zero-order valence-corrected chi connectivity index (χ0v) is 12.9. The summed E-state index contributed by atoms with van der Waals surface area (Å²) in [7, 11) is 0. The van der Waals surface area contributed by atoms with Crippen molar-refractivity contribution in [3.8, 4) is 11.4 Å². The van der Waals surface area contributed by atoms with Gasteiger partial charge in [0.2, 0.25) is 0 Å². The first kappa shape index (κ1) is 14.4. The van der Waals surface area contributed by atoms with Crippen molar-refractivity contribution in [3.63, 3.8) is 0 Å². The quantitative estimate of drug-likeness (QED) is 0.692. The van der Waals surface area contributed by atoms with Gasteiger partial charge in [-0.15, -0.1) is 0 Å². The number of carbonyl (C=O) groups is 1. The minimum atomic E-state index is -0.948. The predicted molar refractivity (Wildman–Crippen MR) is 92.5 cm³/mol. The molecule has 0 radical (unpaired) electrons. The van der Waals surface area contributed by atoms with E-state index in [1.54, 1.807) is 18.2 Å². The number of aromatic amines is 1. The van der Waals surface area contributed by atoms with E-state index in [4.69, 9.17) is 5.11 Å². The minimum Gasteiger partial charge on any atom is -0.478 e. The van der Waals surface area contributed by atoms with Gasteiger partial charge in [-0.2, -0.15) is 0 Å². The van der Waals surface area contributed by atoms with Crippen LogP contribution in [-0.4, -0.2) is 40.0 Å². The zero-order chi connectivity index (χ0) is 16.5. The fourth-order valence-electron chi connectivity index (χ4n) is 2.82. The van der Waals surface area contributed by atoms with Gasteiger partial charge in [-0.05, 0) is 36.8 Å². The van der Waals surface area contributed by atoms with Crippen molar-refractivity contribution >= 4 is 22.8 Å². The molecule has 1 aliphatic rings. The van der Waals surface area contributed by atoms with Crippen LogP contribution in [0.4, 0.5) is 0 Å². The Balaban J connectivity index is 1.74. The lowest BCUT2D eigenvalue weighted by Gasteiger charge is -2.14. The minimum absolute atomic E-state index is 0.245. The number of carboxylic acid groups (broad SMARTS) is 1. The normalized spacial score (nSPS) is 14.2. The van der Waals surface area contributed by atoms with Gasteiger partial charge in [0, 0.05) is 24.2 Å². The van der Waals surface area contributed by atoms with Crippen molar-refractivity contribution in [2.24, 2.45) is 4.99 Å². The van der Waals surface area contributed by atoms with Crippen molar-refractivity contribution in [3.05, 3.63) is 53.6 Å². The molecule has 0 unspecified atom stereocenters. The molecule has 0 saturated carbocycles. The lowest BCUT2D eigenvalue weighted by molar-refractivity contribution is 0.0697. The summed E-state index contributed by atoms with van der Waals surface area (Å²) in [6.45, 7) is 1.78. The average molecular weight is 320 g/mol. The molecular formula is C18H16N4O2. The highest BCUT2D eigenvalue weighted by Crippen LogP contribution is 2.22. The Bertz CT molecular complexity index is 959. The van der Waals surface area contributed by atoms with Crippen LogP contribution >= 0.6 is 0 Å². The van der Waals surface area contributed by atoms with E-state index in [1.807, 2.05) is 24.3 Å². The number of nitrogens with zero attached hydrogens (tertiary/aromatic N) is 2. The molecule has 3 aromatic rings. The number of carboxylic acids is 1. The van der Waals surface area contributed by atoms with Gasteiger partial charge >= 0.3 is 5.97 Å². The summed E-state index contributed by atoms with van der Waals surface area (Å²) in [4.78, 5) is 23.5. The third-order valence-electron chi connectivity index (χ3n) is 4.04. The summed E-state index contributed by atoms with van der Waals surface area (Å²) in [5, 5.41) is 12.4. The van der Waals surface area contributed by atoms with Gasteiger partial charge in [0.25, 0.3) is 0 Å². The maximum Gasteiger partial charge on any atom is 0.335 e. The molecule has 4 rings (SSSR count). The van der Waals surface area contributed by atoms with Crippen LogP contribution in [0.5, 0.6) is 0 Å². The molecule has 1 aliphatic heterocycles. The van der Waals surface area contributed by atoms with Crippen LogP contribution < -0.4 is 5.32 Å². The molecule has 0 aliphatic carbocycles. The first-order valence-electron chi connectivity index (χ1n) is 7.83. The van der Waals surface area contributed by atoms with Crippen molar-refractivity contribution < 1.29 is 9.90 Å². The van der Waals surface area contributed by atoms with E-state index in [9.17, 15) is 4.79 Å². The molecule has 0 fully saturated rings. The van der Waals surface area contributed by atoms with Gasteiger partial charge < -0.3 is 15.4 Å². The van der Waals surface area contributed by atoms with E-state index >= 15 is 0 Å². The van der Waals surface area contributed by atoms with Crippen LogP contribution in [0.1, 0.15) is 22.3 Å². The van der Waals surface area contributed by atoms with Crippen LogP contribution in [0, 0.1) is 0 Å². The third kappa shape index (κ3) is 2.62. The molecule has 0 spiro atoms. The van der Waals surface area contributed by atoms with Crippen LogP contribution in [-0.2, 0) is 0 Å². The zero-order valence-electron chi connectivity index (χ0n) is 12.9. The summed E-state index contributed by atoms with van der Waals surface area (Å²) >= 11 is 0. The van der Waals surface area contributed by atoms with Gasteiger partial charge in [0.15, 0.2) is 0 Å². The van der Waals surface area contributed by atoms with Crippen LogP contribution in [0.3, 0.4) is 0 Å². The molecule has 120 valence electrons. The molecule has 0 bridgehead atoms. The number of aliphatic imine (C=N–C) groups is 1. The maximum absolute atomic E-state index is 11.1. The number of fused-ring (bicyclic) bond motifs is 1. The van der Waals surface area contributed by atoms with E-state index in [0.29, 0.717) is 5.82 Å². The molecule has 1 aromatic heterocycles. The van der Waals surface area contributed by atoms with Crippen molar-refractivity contribution in [2.75, 3.05) is 13.1 Å². The Morgan fingerprint density at radius 1 is 1.12 bits per heavy atom. The lowest BCUT2D eigenvalue weighted by Crippen LogP contribution is -2.30. The van der Waals surface area contributed by atoms with Crippen molar-refractivity contribution in [1.82, 2.24) is 15.3 Å². The van der Waals surface area contributed by atoms with Gasteiger partial charge in [-0.3, -0.25) is 4.99 Å². The molecule has 6 heteroatoms. The van der Waals surface area contributed by atoms with Gasteiger partial charge in [0.1, 0.15) is 11.7 Å². The number of hydrogen-bond donors (Lipinski definition) is 3. The highest BCUT2D eigenvalue weighted by atomic mass is 16.4. The number of amidine groups is 1. The number of benzene rings is 2. The number of aromatic carboxylic acids is 1. The molecule has 2 heterocycles. The van der Waals surface area contributed by atoms with E-state index in [1.165, 1.54) is 0 Å². The Hall–Kier alpha value is -3.15. The Kier molecular flexibility index (Phi) is 3.49. The van der Waals surface area contributed by atoms with Crippen LogP contribution in [0.25, 0.3) is 22.4 Å². The van der Waals surface area contributed by atoms with Gasteiger partial charge in [-0.1, -0.05) is 12.1 Å². The fraction of sp³-hybridized carbons (Fsp3) is 0.167. The van der Waals surface area contributed by atoms with E-state index in [-0.39, 0.29) is 5.56 Å². The predicted octanol–water partition coefficient (Wildman–Crippen LogP) is 2.67. The summed E-state index contributed by atoms with van der Waals surface area (Å²) in [5.41, 5.74) is 3.76. The largest absolute Gasteiger partial charge is 0.478 e. The van der Waals surface area contributed by atoms with Crippen LogP contribution in [0.2, 0.25) is 0 Å². The first-order valence-corrected chi connectivity index (χ1v) is 7.83. The van der Waals surface area contributed by atoms with E-state index < -0.39 is 5.97 Å². The van der Waals surface area contributed by atoms with Crippen molar-refractivity contribution in [1.29, 1.82) is 0 Å². The smallest absolute Gasteiger partial charge is 0.335 e. The first-order chi connectivity index (χ1) is 11.7. The fourth-order valence-corrected chi connectivity index (χ4v) is 2.82. The monoisotopic (exact) mass is 320 g/mol. The third-order valence-corrected chi connectivity index (χ3v) is 4.04. The summed E-state index contributed by atoms with van der Waals surface area (Å²) in [5.74, 6) is 0.618. The number of hydrogen-bond acceptors (Lipinski definition) is 4. The molecule has 3 N–H and O–H groups in total. The Labute approximate surface area is 138 Å². The average Bonchev–Trinajstić information content (AvgIpc) is 3.06. The Morgan fingerprint density at radius 2 is 2.04 bits per heavy atom. The van der Waals surface area contributed by atoms with E-state index in [2.05, 4.69) is 20.3 Å². The number of rotatable bonds is 3. The summed E-state index contributed by atoms with van der Waals surface area (Å²) in [6, 6.07) is 12.7. The second-order valence-electron chi connectivity index (χ2n) is 5.71. The highest BCUT2D eigenvalue weighted by molar-refractivity contribution is 6.01. The highest BCUT2D eigenvalue weighted by Gasteiger charge is 2.11. The molecule has 0 amide bonds. The Morgan fingerprint density at radius 3 is 2.83 bits per heavy atom. The standard InChI is InChI=1S/C18H16N4O2/c23-18(24)13-4-1-3-11(9-13)17-21-14-6-5-12(10-15(14)22-17)16-19-7-2-8-20-16/h1,3-6,9-10H,2,7-8H2,(H,19,20)(H,21,22)(H,23,24). The number of H-pyrrole nitrogens is 1. The molecule has 2 aromatic carbocycles. The number of aromatic nitrogens is 2. The lowest BCUT2D eigenvalue weighted by atomic mass is 10.1. The molecule has 24 heavy (non-hydrogen) atoms. The second kappa shape index (κ2) is 5.81. The SMILES string of the molecule is O=C(O)c1cccc(-c2nc3ccc(C4=NCCCN4)cc3[nH]2)c1. The molecule has 0 atom stereocenters. The van der Waals surface area contributed by atoms with Gasteiger partial charge in [-0.25, -0.2) is 9.78 Å². The summed E-state index contributed by atoms with van der Waals surface area (Å²) in [6.07, 6.45) is 1.06.